The Bertz CT molecular complexity index is 2780. The van der Waals surface area contributed by atoms with Crippen LogP contribution >= 0.6 is 0 Å². The maximum atomic E-state index is 12.1. The Morgan fingerprint density at radius 2 is 0.560 bits per heavy atom. The molecule has 0 unspecified atom stereocenters. The lowest BCUT2D eigenvalue weighted by Crippen LogP contribution is -2.27. The zero-order chi connectivity index (χ0) is 59.6. The molecule has 0 N–H and O–H groups in total. The average molecular weight is 1140 g/mol. The molecule has 446 valence electrons. The standard InChI is InChI=1S/C72H86O12/c1-7-78-70(73)54(4)57-22-28-60(29-23-57)63-34-40-66(41-35-63)81-48-18-12-10-16-46-76-52-69(84-51-21-15-14-20-50-83-68-44-38-65(39-45-68)62-32-26-59(27-33-62)56(6)72(75)80-9-3)53-77-47-17-11-13-19-49-82-67-42-36-64(37-43-67)61-30-24-58(25-31-61)55(5)71(74)79-8-2/h22-45,69H,4-21,46-53H2,1-3H3. The molecule has 12 heteroatoms. The fourth-order valence-corrected chi connectivity index (χ4v) is 9.10. The van der Waals surface area contributed by atoms with Crippen molar-refractivity contribution in [2.24, 2.45) is 0 Å². The number of hydrogen-bond acceptors (Lipinski definition) is 12. The van der Waals surface area contributed by atoms with Gasteiger partial charge in [-0.15, -0.1) is 0 Å². The van der Waals surface area contributed by atoms with Crippen molar-refractivity contribution in [2.75, 3.05) is 72.7 Å². The number of unbranched alkanes of at least 4 members (excludes halogenated alkanes) is 9. The first-order chi connectivity index (χ1) is 41.1. The van der Waals surface area contributed by atoms with E-state index in [0.29, 0.717) is 89.4 Å². The minimum Gasteiger partial charge on any atom is -0.494 e. The number of hydrogen-bond donors (Lipinski definition) is 0. The lowest BCUT2D eigenvalue weighted by atomic mass is 10.0. The quantitative estimate of drug-likeness (QED) is 0.0157. The van der Waals surface area contributed by atoms with Crippen molar-refractivity contribution in [3.8, 4) is 50.6 Å². The Morgan fingerprint density at radius 1 is 0.321 bits per heavy atom. The number of esters is 3. The van der Waals surface area contributed by atoms with Crippen LogP contribution in [0.15, 0.2) is 165 Å². The Hall–Kier alpha value is -7.77. The molecule has 0 aliphatic carbocycles. The van der Waals surface area contributed by atoms with Crippen LogP contribution in [0.1, 0.15) is 115 Å². The van der Waals surface area contributed by atoms with E-state index in [1.54, 1.807) is 20.8 Å². The molecule has 0 aliphatic rings. The molecule has 0 atom stereocenters. The van der Waals surface area contributed by atoms with E-state index in [1.807, 2.05) is 146 Å². The van der Waals surface area contributed by atoms with Gasteiger partial charge in [0.15, 0.2) is 0 Å². The van der Waals surface area contributed by atoms with Crippen LogP contribution in [0.2, 0.25) is 0 Å². The molecule has 0 spiro atoms. The van der Waals surface area contributed by atoms with Crippen LogP contribution in [0.3, 0.4) is 0 Å². The summed E-state index contributed by atoms with van der Waals surface area (Å²) in [5, 5.41) is 0. The van der Waals surface area contributed by atoms with Gasteiger partial charge in [-0.1, -0.05) is 148 Å². The monoisotopic (exact) mass is 1140 g/mol. The van der Waals surface area contributed by atoms with Gasteiger partial charge in [-0.3, -0.25) is 0 Å². The third-order valence-corrected chi connectivity index (χ3v) is 14.0. The van der Waals surface area contributed by atoms with Crippen molar-refractivity contribution in [2.45, 2.75) is 104 Å². The van der Waals surface area contributed by atoms with Gasteiger partial charge >= 0.3 is 17.9 Å². The van der Waals surface area contributed by atoms with Crippen molar-refractivity contribution < 1.29 is 57.0 Å². The van der Waals surface area contributed by atoms with Crippen LogP contribution in [0, 0.1) is 0 Å². The fourth-order valence-electron chi connectivity index (χ4n) is 9.10. The maximum Gasteiger partial charge on any atom is 0.338 e. The zero-order valence-corrected chi connectivity index (χ0v) is 49.7. The van der Waals surface area contributed by atoms with Gasteiger partial charge in [0.25, 0.3) is 0 Å². The molecule has 0 aliphatic heterocycles. The first-order valence-electron chi connectivity index (χ1n) is 29.9. The Labute approximate surface area is 498 Å². The van der Waals surface area contributed by atoms with Gasteiger partial charge in [0, 0.05) is 19.8 Å². The lowest BCUT2D eigenvalue weighted by molar-refractivity contribution is -0.136. The fraction of sp³-hybridized carbons (Fsp3) is 0.375. The minimum atomic E-state index is -0.403. The van der Waals surface area contributed by atoms with Gasteiger partial charge in [0.05, 0.1) is 69.6 Å². The summed E-state index contributed by atoms with van der Waals surface area (Å²) in [6, 6.07) is 47.5. The largest absolute Gasteiger partial charge is 0.494 e. The van der Waals surface area contributed by atoms with Crippen LogP contribution in [-0.2, 0) is 42.8 Å². The zero-order valence-electron chi connectivity index (χ0n) is 49.7. The normalized spacial score (nSPS) is 11.0. The minimum absolute atomic E-state index is 0.135. The van der Waals surface area contributed by atoms with E-state index in [-0.39, 0.29) is 6.10 Å². The summed E-state index contributed by atoms with van der Waals surface area (Å²) in [7, 11) is 0. The van der Waals surface area contributed by atoms with Crippen LogP contribution in [0.4, 0.5) is 0 Å². The molecular formula is C72H86O12. The Balaban J connectivity index is 0.842. The first kappa shape index (κ1) is 65.4. The highest BCUT2D eigenvalue weighted by molar-refractivity contribution is 6.16. The Morgan fingerprint density at radius 3 is 0.821 bits per heavy atom. The summed E-state index contributed by atoms with van der Waals surface area (Å²) in [5.41, 5.74) is 9.60. The molecule has 0 saturated carbocycles. The maximum absolute atomic E-state index is 12.1. The third kappa shape index (κ3) is 22.8. The molecule has 6 aromatic carbocycles. The van der Waals surface area contributed by atoms with Crippen molar-refractivity contribution in [3.05, 3.63) is 182 Å². The van der Waals surface area contributed by atoms with Crippen molar-refractivity contribution >= 4 is 34.6 Å². The van der Waals surface area contributed by atoms with Gasteiger partial charge in [-0.25, -0.2) is 14.4 Å². The Kier molecular flexibility index (Phi) is 29.1. The highest BCUT2D eigenvalue weighted by Crippen LogP contribution is 2.28. The predicted molar refractivity (Wildman–Crippen MR) is 336 cm³/mol. The molecule has 0 radical (unpaired) electrons. The summed E-state index contributed by atoms with van der Waals surface area (Å²) in [6.45, 7) is 22.8. The van der Waals surface area contributed by atoms with Gasteiger partial charge in [-0.2, -0.15) is 0 Å². The predicted octanol–water partition coefficient (Wildman–Crippen LogP) is 16.1. The average Bonchev–Trinajstić information content (AvgIpc) is 3.58. The van der Waals surface area contributed by atoms with E-state index >= 15 is 0 Å². The lowest BCUT2D eigenvalue weighted by Gasteiger charge is -2.18. The molecule has 0 aromatic heterocycles. The van der Waals surface area contributed by atoms with Crippen molar-refractivity contribution in [3.63, 3.8) is 0 Å². The van der Waals surface area contributed by atoms with Gasteiger partial charge in [-0.05, 0) is 165 Å². The summed E-state index contributed by atoms with van der Waals surface area (Å²) >= 11 is 0. The van der Waals surface area contributed by atoms with Crippen LogP contribution in [-0.4, -0.2) is 96.7 Å². The molecule has 0 fully saturated rings. The second-order valence-corrected chi connectivity index (χ2v) is 20.3. The highest BCUT2D eigenvalue weighted by Gasteiger charge is 2.15. The first-order valence-corrected chi connectivity index (χ1v) is 29.9. The van der Waals surface area contributed by atoms with Gasteiger partial charge in [0.1, 0.15) is 23.4 Å². The van der Waals surface area contributed by atoms with Gasteiger partial charge in [0.2, 0.25) is 0 Å². The van der Waals surface area contributed by atoms with Crippen LogP contribution in [0.5, 0.6) is 17.2 Å². The molecule has 0 heterocycles. The van der Waals surface area contributed by atoms with Crippen LogP contribution in [0.25, 0.3) is 50.1 Å². The second-order valence-electron chi connectivity index (χ2n) is 20.3. The highest BCUT2D eigenvalue weighted by atomic mass is 16.6. The van der Waals surface area contributed by atoms with E-state index in [1.165, 1.54) is 0 Å². The molecule has 0 saturated heterocycles. The van der Waals surface area contributed by atoms with Crippen LogP contribution < -0.4 is 14.2 Å². The summed E-state index contributed by atoms with van der Waals surface area (Å²) in [4.78, 5) is 36.2. The number of benzene rings is 6. The molecule has 12 nitrogen and oxygen atoms in total. The molecular weight excluding hydrogens is 1060 g/mol. The summed E-state index contributed by atoms with van der Waals surface area (Å²) in [5.74, 6) is 1.30. The van der Waals surface area contributed by atoms with E-state index in [0.717, 1.165) is 144 Å². The van der Waals surface area contributed by atoms with E-state index in [2.05, 4.69) is 19.7 Å². The number of carbonyl (C=O) groups excluding carboxylic acids is 3. The second kappa shape index (κ2) is 37.4. The van der Waals surface area contributed by atoms with E-state index < -0.39 is 17.9 Å². The van der Waals surface area contributed by atoms with Crippen molar-refractivity contribution in [1.29, 1.82) is 0 Å². The SMILES string of the molecule is C=C(C(=O)OCC)c1ccc(-c2ccc(OCCCCCCOCC(COCCCCCCOc3ccc(-c4ccc(C(=C)C(=O)OCC)cc4)cc3)OCCCCCCOc3ccc(-c4ccc(C(=C)C(=O)OCC)cc4)cc3)cc2)cc1. The molecule has 6 rings (SSSR count). The molecule has 0 bridgehead atoms. The third-order valence-electron chi connectivity index (χ3n) is 14.0. The van der Waals surface area contributed by atoms with Crippen molar-refractivity contribution in [1.82, 2.24) is 0 Å². The molecule has 84 heavy (non-hydrogen) atoms. The van der Waals surface area contributed by atoms with Gasteiger partial charge < -0.3 is 42.6 Å². The number of carbonyl (C=O) groups is 3. The number of ether oxygens (including phenoxy) is 9. The topological polar surface area (TPSA) is 134 Å². The molecule has 6 aromatic rings. The van der Waals surface area contributed by atoms with E-state index in [9.17, 15) is 14.4 Å². The van der Waals surface area contributed by atoms with E-state index in [4.69, 9.17) is 42.6 Å². The summed E-state index contributed by atoms with van der Waals surface area (Å²) < 4.78 is 52.1. The molecule has 0 amide bonds. The number of rotatable bonds is 41. The summed E-state index contributed by atoms with van der Waals surface area (Å²) in [6.07, 6.45) is 11.9. The smallest absolute Gasteiger partial charge is 0.338 e.